The molecule has 3 heteroatoms. The fraction of sp³-hybridized carbons (Fsp3) is 0.833. The van der Waals surface area contributed by atoms with Gasteiger partial charge in [-0.25, -0.2) is 0 Å². The Labute approximate surface area is 100 Å². The van der Waals surface area contributed by atoms with E-state index in [2.05, 4.69) is 35.9 Å². The highest BCUT2D eigenvalue weighted by Crippen LogP contribution is 2.50. The molecule has 0 N–H and O–H groups in total. The van der Waals surface area contributed by atoms with Crippen LogP contribution < -0.4 is 0 Å². The Morgan fingerprint density at radius 2 is 2.00 bits per heavy atom. The summed E-state index contributed by atoms with van der Waals surface area (Å²) in [5.41, 5.74) is 1.47. The maximum absolute atomic E-state index is 5.89. The zero-order chi connectivity index (χ0) is 10.9. The van der Waals surface area contributed by atoms with Gasteiger partial charge in [0.15, 0.2) is 5.79 Å². The number of ether oxygens (including phenoxy) is 2. The lowest BCUT2D eigenvalue weighted by Gasteiger charge is -2.46. The second-order valence-electron chi connectivity index (χ2n) is 4.78. The monoisotopic (exact) mass is 274 g/mol. The van der Waals surface area contributed by atoms with E-state index in [1.54, 1.807) is 0 Å². The van der Waals surface area contributed by atoms with Crippen molar-refractivity contribution in [2.24, 2.45) is 5.41 Å². The van der Waals surface area contributed by atoms with Crippen LogP contribution in [0.1, 0.15) is 33.1 Å². The lowest BCUT2D eigenvalue weighted by atomic mass is 9.69. The SMILES string of the molecule is CC1(C)C(CCBr)=CCCC12OCCO2. The van der Waals surface area contributed by atoms with Gasteiger partial charge in [0.05, 0.1) is 13.2 Å². The minimum atomic E-state index is -0.348. The molecule has 2 aliphatic rings. The molecule has 1 aliphatic carbocycles. The maximum atomic E-state index is 5.89. The maximum Gasteiger partial charge on any atom is 0.177 e. The molecule has 1 heterocycles. The van der Waals surface area contributed by atoms with E-state index >= 15 is 0 Å². The Morgan fingerprint density at radius 3 is 2.60 bits per heavy atom. The fourth-order valence-corrected chi connectivity index (χ4v) is 3.15. The Balaban J connectivity index is 2.26. The molecular formula is C12H19BrO2. The van der Waals surface area contributed by atoms with Gasteiger partial charge in [-0.1, -0.05) is 41.4 Å². The second kappa shape index (κ2) is 4.19. The van der Waals surface area contributed by atoms with Crippen LogP contribution in [0.15, 0.2) is 11.6 Å². The molecule has 86 valence electrons. The lowest BCUT2D eigenvalue weighted by molar-refractivity contribution is -0.223. The first-order valence-corrected chi connectivity index (χ1v) is 6.78. The van der Waals surface area contributed by atoms with Crippen LogP contribution in [0.25, 0.3) is 0 Å². The van der Waals surface area contributed by atoms with E-state index in [0.717, 1.165) is 37.8 Å². The van der Waals surface area contributed by atoms with Crippen molar-refractivity contribution in [2.75, 3.05) is 18.5 Å². The average molecular weight is 275 g/mol. The van der Waals surface area contributed by atoms with Gasteiger partial charge in [0.1, 0.15) is 0 Å². The normalized spacial score (nSPS) is 28.1. The Bertz CT molecular complexity index is 265. The number of halogens is 1. The predicted octanol–water partition coefficient (Wildman–Crippen LogP) is 3.26. The van der Waals surface area contributed by atoms with Gasteiger partial charge in [-0.2, -0.15) is 0 Å². The van der Waals surface area contributed by atoms with Gasteiger partial charge in [-0.3, -0.25) is 0 Å². The highest BCUT2D eigenvalue weighted by atomic mass is 79.9. The Hall–Kier alpha value is 0.140. The molecule has 1 aliphatic heterocycles. The first-order valence-electron chi connectivity index (χ1n) is 5.66. The van der Waals surface area contributed by atoms with Crippen LogP contribution in [0.3, 0.4) is 0 Å². The summed E-state index contributed by atoms with van der Waals surface area (Å²) < 4.78 is 11.8. The smallest absolute Gasteiger partial charge is 0.177 e. The zero-order valence-electron chi connectivity index (χ0n) is 9.51. The van der Waals surface area contributed by atoms with Crippen molar-refractivity contribution in [3.05, 3.63) is 11.6 Å². The molecule has 1 fully saturated rings. The molecule has 0 unspecified atom stereocenters. The minimum Gasteiger partial charge on any atom is -0.347 e. The summed E-state index contributed by atoms with van der Waals surface area (Å²) in [4.78, 5) is 0. The zero-order valence-corrected chi connectivity index (χ0v) is 11.1. The summed E-state index contributed by atoms with van der Waals surface area (Å²) in [5.74, 6) is -0.348. The van der Waals surface area contributed by atoms with Gasteiger partial charge in [0.25, 0.3) is 0 Å². The van der Waals surface area contributed by atoms with Gasteiger partial charge in [0.2, 0.25) is 0 Å². The van der Waals surface area contributed by atoms with Crippen LogP contribution in [-0.4, -0.2) is 24.3 Å². The van der Waals surface area contributed by atoms with Crippen LogP contribution in [-0.2, 0) is 9.47 Å². The molecule has 0 radical (unpaired) electrons. The van der Waals surface area contributed by atoms with E-state index in [9.17, 15) is 0 Å². The lowest BCUT2D eigenvalue weighted by Crippen LogP contribution is -2.48. The van der Waals surface area contributed by atoms with E-state index in [-0.39, 0.29) is 11.2 Å². The van der Waals surface area contributed by atoms with E-state index < -0.39 is 0 Å². The Kier molecular flexibility index (Phi) is 3.25. The molecule has 0 aromatic rings. The molecule has 0 bridgehead atoms. The highest BCUT2D eigenvalue weighted by Gasteiger charge is 2.52. The third-order valence-electron chi connectivity index (χ3n) is 3.74. The quantitative estimate of drug-likeness (QED) is 0.569. The Morgan fingerprint density at radius 1 is 1.33 bits per heavy atom. The van der Waals surface area contributed by atoms with Crippen molar-refractivity contribution >= 4 is 15.9 Å². The molecule has 1 saturated heterocycles. The van der Waals surface area contributed by atoms with Crippen molar-refractivity contribution in [3.63, 3.8) is 0 Å². The largest absolute Gasteiger partial charge is 0.347 e. The minimum absolute atomic E-state index is 0.00944. The molecule has 0 saturated carbocycles. The number of hydrogen-bond donors (Lipinski definition) is 0. The standard InChI is InChI=1S/C12H19BrO2/c1-11(2)10(5-7-13)4-3-6-12(11)14-8-9-15-12/h4H,3,5-9H2,1-2H3. The number of hydrogen-bond acceptors (Lipinski definition) is 2. The average Bonchev–Trinajstić information content (AvgIpc) is 2.64. The summed E-state index contributed by atoms with van der Waals surface area (Å²) in [5, 5.41) is 1.01. The van der Waals surface area contributed by atoms with E-state index in [1.165, 1.54) is 5.57 Å². The summed E-state index contributed by atoms with van der Waals surface area (Å²) in [7, 11) is 0. The van der Waals surface area contributed by atoms with Crippen LogP contribution in [0, 0.1) is 5.41 Å². The van der Waals surface area contributed by atoms with E-state index in [1.807, 2.05) is 0 Å². The van der Waals surface area contributed by atoms with Gasteiger partial charge in [-0.05, 0) is 12.8 Å². The molecule has 1 spiro atoms. The van der Waals surface area contributed by atoms with Crippen molar-refractivity contribution < 1.29 is 9.47 Å². The third kappa shape index (κ3) is 1.79. The molecule has 0 aromatic heterocycles. The van der Waals surface area contributed by atoms with Crippen molar-refractivity contribution in [2.45, 2.75) is 38.9 Å². The highest BCUT2D eigenvalue weighted by molar-refractivity contribution is 9.09. The number of alkyl halides is 1. The van der Waals surface area contributed by atoms with Crippen LogP contribution in [0.4, 0.5) is 0 Å². The summed E-state index contributed by atoms with van der Waals surface area (Å²) in [6, 6.07) is 0. The molecule has 2 rings (SSSR count). The fourth-order valence-electron chi connectivity index (χ4n) is 2.72. The molecule has 0 atom stereocenters. The third-order valence-corrected chi connectivity index (χ3v) is 4.13. The van der Waals surface area contributed by atoms with Crippen LogP contribution in [0.2, 0.25) is 0 Å². The summed E-state index contributed by atoms with van der Waals surface area (Å²) >= 11 is 3.51. The van der Waals surface area contributed by atoms with Crippen molar-refractivity contribution in [3.8, 4) is 0 Å². The molecule has 0 amide bonds. The van der Waals surface area contributed by atoms with Gasteiger partial charge < -0.3 is 9.47 Å². The first-order chi connectivity index (χ1) is 7.12. The van der Waals surface area contributed by atoms with Gasteiger partial charge >= 0.3 is 0 Å². The van der Waals surface area contributed by atoms with E-state index in [0.29, 0.717) is 0 Å². The molecule has 0 aromatic carbocycles. The molecule has 2 nitrogen and oxygen atoms in total. The summed E-state index contributed by atoms with van der Waals surface area (Å²) in [6.45, 7) is 5.97. The van der Waals surface area contributed by atoms with Gasteiger partial charge in [-0.15, -0.1) is 0 Å². The van der Waals surface area contributed by atoms with Gasteiger partial charge in [0, 0.05) is 17.2 Å². The van der Waals surface area contributed by atoms with Crippen molar-refractivity contribution in [1.82, 2.24) is 0 Å². The van der Waals surface area contributed by atoms with E-state index in [4.69, 9.17) is 9.47 Å². The molecule has 15 heavy (non-hydrogen) atoms. The number of rotatable bonds is 2. The predicted molar refractivity (Wildman–Crippen MR) is 64.1 cm³/mol. The van der Waals surface area contributed by atoms with Crippen LogP contribution in [0.5, 0.6) is 0 Å². The summed E-state index contributed by atoms with van der Waals surface area (Å²) in [6.07, 6.45) is 5.51. The second-order valence-corrected chi connectivity index (χ2v) is 5.57. The first kappa shape index (κ1) is 11.6. The number of allylic oxidation sites excluding steroid dienone is 1. The van der Waals surface area contributed by atoms with Crippen LogP contribution >= 0.6 is 15.9 Å². The molecular weight excluding hydrogens is 256 g/mol. The van der Waals surface area contributed by atoms with Crippen molar-refractivity contribution in [1.29, 1.82) is 0 Å². The topological polar surface area (TPSA) is 18.5 Å².